The number of carbonyl (C=O) groups is 2. The van der Waals surface area contributed by atoms with Gasteiger partial charge in [0.1, 0.15) is 24.7 Å². The lowest BCUT2D eigenvalue weighted by Gasteiger charge is -2.31. The normalized spacial score (nSPS) is 13.6. The summed E-state index contributed by atoms with van der Waals surface area (Å²) < 4.78 is 40.9. The standard InChI is InChI=1S/C21H30N4O2.C15H22N2O2.C5H8F3N.2C2H6/c1-7-14(5)10-23-19(26)12-25-18(15(6)8-2)9-16-20(21(25)27)24-17(11-22-16)13(3)4;1-5-7-8-9-10-12(3)11-19-15(18)17-14(16)13(4)6-2;1-4(2-3-9)5(6,7)8;2*1-2/h7,9,13,17,22,24H,1,5-6,8,10-12H2,2-4H3,(H,23,26);6-10H,3,5,11H2,1-2,4H3,(H2,16,17,18);2H,3,9H2,1H3;2*1-2H3/b;8-7-,10-9-,13-6+;4-2+;;. The molecule has 332 valence electrons. The predicted molar refractivity (Wildman–Crippen MR) is 245 cm³/mol. The summed E-state index contributed by atoms with van der Waals surface area (Å²) in [7, 11) is 0. The number of alkyl halides is 3. The number of aromatic nitrogens is 1. The van der Waals surface area contributed by atoms with E-state index in [9.17, 15) is 27.6 Å². The van der Waals surface area contributed by atoms with E-state index in [-0.39, 0.29) is 43.0 Å². The molecule has 0 fully saturated rings. The van der Waals surface area contributed by atoms with Crippen LogP contribution in [0, 0.1) is 5.92 Å². The lowest BCUT2D eigenvalue weighted by molar-refractivity contribution is -0.121. The summed E-state index contributed by atoms with van der Waals surface area (Å²) in [5.74, 6) is 0.283. The van der Waals surface area contributed by atoms with Gasteiger partial charge in [0.15, 0.2) is 0 Å². The number of anilines is 2. The van der Waals surface area contributed by atoms with Gasteiger partial charge in [0.25, 0.3) is 5.56 Å². The number of carbonyl (C=O) groups excluding carboxylic acids is 2. The van der Waals surface area contributed by atoms with Gasteiger partial charge in [-0.3, -0.25) is 14.2 Å². The minimum Gasteiger partial charge on any atom is -0.443 e. The Kier molecular flexibility index (Phi) is 32.0. The second-order valence-corrected chi connectivity index (χ2v) is 12.7. The summed E-state index contributed by atoms with van der Waals surface area (Å²) in [6.07, 6.45) is 8.62. The van der Waals surface area contributed by atoms with Crippen molar-refractivity contribution in [3.63, 3.8) is 0 Å². The molecule has 11 nitrogen and oxygen atoms in total. The number of allylic oxidation sites excluding steroid dienone is 6. The van der Waals surface area contributed by atoms with Crippen LogP contribution in [0.15, 0.2) is 107 Å². The molecule has 2 heterocycles. The maximum absolute atomic E-state index is 13.2. The van der Waals surface area contributed by atoms with Crippen molar-refractivity contribution in [2.75, 3.05) is 36.9 Å². The summed E-state index contributed by atoms with van der Waals surface area (Å²) in [6.45, 7) is 37.1. The topological polar surface area (TPSA) is 166 Å². The van der Waals surface area contributed by atoms with Gasteiger partial charge in [0.2, 0.25) is 5.91 Å². The van der Waals surface area contributed by atoms with E-state index in [1.807, 2.05) is 65.8 Å². The van der Waals surface area contributed by atoms with Crippen LogP contribution in [-0.4, -0.2) is 60.9 Å². The third-order valence-corrected chi connectivity index (χ3v) is 7.95. The van der Waals surface area contributed by atoms with Crippen LogP contribution in [0.3, 0.4) is 0 Å². The van der Waals surface area contributed by atoms with Crippen LogP contribution in [0.5, 0.6) is 0 Å². The fraction of sp³-hybridized carbons (Fsp3) is 0.467. The second kappa shape index (κ2) is 32.6. The molecule has 1 aliphatic heterocycles. The minimum atomic E-state index is -4.21. The Balaban J connectivity index is -0.000000851. The minimum absolute atomic E-state index is 0.0641. The number of aliphatic imine (C=N–C) groups is 1. The van der Waals surface area contributed by atoms with Crippen molar-refractivity contribution < 1.29 is 27.5 Å². The molecule has 14 heteroatoms. The summed E-state index contributed by atoms with van der Waals surface area (Å²) >= 11 is 0. The monoisotopic (exact) mass is 832 g/mol. The number of fused-ring (bicyclic) bond motifs is 1. The highest BCUT2D eigenvalue weighted by Gasteiger charge is 2.29. The molecule has 0 radical (unpaired) electrons. The highest BCUT2D eigenvalue weighted by molar-refractivity contribution is 6.01. The van der Waals surface area contributed by atoms with E-state index in [0.29, 0.717) is 41.4 Å². The zero-order valence-electron chi connectivity index (χ0n) is 37.4. The highest BCUT2D eigenvalue weighted by Crippen LogP contribution is 2.29. The van der Waals surface area contributed by atoms with Crippen LogP contribution in [0.25, 0.3) is 5.57 Å². The highest BCUT2D eigenvalue weighted by atomic mass is 19.4. The Bertz CT molecular complexity index is 1720. The smallest absolute Gasteiger partial charge is 0.435 e. The fourth-order valence-electron chi connectivity index (χ4n) is 4.17. The number of nitrogens with two attached hydrogens (primary N) is 2. The van der Waals surface area contributed by atoms with Crippen molar-refractivity contribution in [3.05, 3.63) is 113 Å². The van der Waals surface area contributed by atoms with Gasteiger partial charge < -0.3 is 32.2 Å². The van der Waals surface area contributed by atoms with E-state index < -0.39 is 17.8 Å². The number of amides is 2. The molecular weight excluding hydrogens is 760 g/mol. The molecule has 0 saturated heterocycles. The summed E-state index contributed by atoms with van der Waals surface area (Å²) in [5, 5.41) is 9.44. The number of nitrogens with one attached hydrogen (secondary N) is 3. The van der Waals surface area contributed by atoms with Crippen LogP contribution in [0.4, 0.5) is 29.3 Å². The molecule has 1 aromatic rings. The first kappa shape index (κ1) is 58.0. The second-order valence-electron chi connectivity index (χ2n) is 12.7. The van der Waals surface area contributed by atoms with Crippen LogP contribution in [-0.2, 0) is 16.1 Å². The van der Waals surface area contributed by atoms with Gasteiger partial charge in [-0.05, 0) is 67.9 Å². The van der Waals surface area contributed by atoms with E-state index >= 15 is 0 Å². The van der Waals surface area contributed by atoms with E-state index in [4.69, 9.17) is 16.2 Å². The lowest BCUT2D eigenvalue weighted by atomic mass is 10.0. The molecule has 0 saturated carbocycles. The summed E-state index contributed by atoms with van der Waals surface area (Å²) in [4.78, 5) is 40.5. The number of halogens is 3. The van der Waals surface area contributed by atoms with Crippen molar-refractivity contribution in [1.82, 2.24) is 9.88 Å². The molecule has 0 aliphatic carbocycles. The first-order valence-electron chi connectivity index (χ1n) is 19.9. The molecule has 0 bridgehead atoms. The Morgan fingerprint density at radius 3 is 2.19 bits per heavy atom. The molecule has 2 rings (SSSR count). The lowest BCUT2D eigenvalue weighted by Crippen LogP contribution is -2.42. The first-order valence-corrected chi connectivity index (χ1v) is 19.9. The van der Waals surface area contributed by atoms with Crippen molar-refractivity contribution in [3.8, 4) is 0 Å². The van der Waals surface area contributed by atoms with Crippen LogP contribution >= 0.6 is 0 Å². The molecule has 59 heavy (non-hydrogen) atoms. The number of nitrogens with zero attached hydrogens (tertiary/aromatic N) is 2. The van der Waals surface area contributed by atoms with Crippen LogP contribution < -0.4 is 33.0 Å². The van der Waals surface area contributed by atoms with Crippen molar-refractivity contribution >= 4 is 34.8 Å². The maximum atomic E-state index is 13.2. The fourth-order valence-corrected chi connectivity index (χ4v) is 4.17. The van der Waals surface area contributed by atoms with Gasteiger partial charge in [-0.1, -0.05) is 124 Å². The number of amidine groups is 1. The largest absolute Gasteiger partial charge is 0.443 e. The van der Waals surface area contributed by atoms with E-state index in [2.05, 4.69) is 68.0 Å². The molecule has 0 aromatic carbocycles. The van der Waals surface area contributed by atoms with Gasteiger partial charge in [-0.25, -0.2) is 4.79 Å². The molecule has 0 spiro atoms. The summed E-state index contributed by atoms with van der Waals surface area (Å²) in [6, 6.07) is 2.06. The molecular formula is C45H72F3N7O4. The Morgan fingerprint density at radius 2 is 1.71 bits per heavy atom. The van der Waals surface area contributed by atoms with E-state index in [0.717, 1.165) is 42.8 Å². The maximum Gasteiger partial charge on any atom is 0.435 e. The average molecular weight is 832 g/mol. The van der Waals surface area contributed by atoms with Gasteiger partial charge >= 0.3 is 12.3 Å². The predicted octanol–water partition coefficient (Wildman–Crippen LogP) is 10.0. The summed E-state index contributed by atoms with van der Waals surface area (Å²) in [5.41, 5.74) is 14.5. The molecule has 2 amide bonds. The zero-order valence-corrected chi connectivity index (χ0v) is 37.4. The van der Waals surface area contributed by atoms with Gasteiger partial charge in [0.05, 0.1) is 5.69 Å². The number of rotatable bonds is 15. The van der Waals surface area contributed by atoms with Crippen LogP contribution in [0.1, 0.15) is 94.7 Å². The quantitative estimate of drug-likeness (QED) is 0.0504. The van der Waals surface area contributed by atoms with E-state index in [1.54, 1.807) is 25.2 Å². The third kappa shape index (κ3) is 24.2. The molecule has 1 aromatic heterocycles. The molecule has 1 atom stereocenters. The van der Waals surface area contributed by atoms with Crippen molar-refractivity contribution in [2.24, 2.45) is 22.4 Å². The number of ether oxygens (including phenoxy) is 1. The average Bonchev–Trinajstić information content (AvgIpc) is 3.22. The van der Waals surface area contributed by atoms with Gasteiger partial charge in [0, 0.05) is 36.9 Å². The third-order valence-electron chi connectivity index (χ3n) is 7.95. The number of hydrogen-bond acceptors (Lipinski definition) is 7. The van der Waals surface area contributed by atoms with E-state index in [1.165, 1.54) is 4.57 Å². The number of hydrogen-bond donors (Lipinski definition) is 5. The zero-order chi connectivity index (χ0) is 46.3. The Hall–Kier alpha value is -5.37. The van der Waals surface area contributed by atoms with Gasteiger partial charge in [-0.2, -0.15) is 18.2 Å². The Morgan fingerprint density at radius 1 is 1.10 bits per heavy atom. The SMILES string of the molecule is C/C(=C\CN)C(F)(F)F.C=C(/C=C\C=C/CC)COC(=O)/N=C(N)\C(C)=C\C.C=CC(=C)CNC(=O)Cn1c(C(=C)CC)cc2c(c1=O)NC(C(C)C)CN2.CC.CC. The molecule has 1 unspecified atom stereocenters. The first-order chi connectivity index (χ1) is 27.8. The Labute approximate surface area is 351 Å². The van der Waals surface area contributed by atoms with Gasteiger partial charge in [-0.15, -0.1) is 0 Å². The van der Waals surface area contributed by atoms with Crippen LogP contribution in [0.2, 0.25) is 0 Å². The molecule has 7 N–H and O–H groups in total. The van der Waals surface area contributed by atoms with Crippen molar-refractivity contribution in [1.29, 1.82) is 0 Å². The van der Waals surface area contributed by atoms with Crippen molar-refractivity contribution in [2.45, 2.75) is 108 Å². The number of pyridine rings is 1. The molecule has 1 aliphatic rings.